The Morgan fingerprint density at radius 2 is 1.56 bits per heavy atom. The number of hydrogen-bond acceptors (Lipinski definition) is 5. The number of alkyl carbamates (subject to hydrolysis) is 1. The third kappa shape index (κ3) is 12.3. The molecule has 0 saturated heterocycles. The molecule has 2 aromatic carbocycles. The van der Waals surface area contributed by atoms with E-state index < -0.39 is 23.8 Å². The molecule has 2 unspecified atom stereocenters. The van der Waals surface area contributed by atoms with Gasteiger partial charge in [-0.1, -0.05) is 81.8 Å². The van der Waals surface area contributed by atoms with E-state index >= 15 is 0 Å². The van der Waals surface area contributed by atoms with Gasteiger partial charge in [-0.15, -0.1) is 0 Å². The fourth-order valence-corrected chi connectivity index (χ4v) is 4.98. The molecule has 0 bridgehead atoms. The summed E-state index contributed by atoms with van der Waals surface area (Å²) in [7, 11) is 0. The molecule has 0 saturated carbocycles. The van der Waals surface area contributed by atoms with Crippen molar-refractivity contribution in [2.75, 3.05) is 13.1 Å². The number of nitrogens with one attached hydrogen (secondary N) is 2. The first-order valence-electron chi connectivity index (χ1n) is 15.8. The molecule has 0 aromatic heterocycles. The number of aromatic hydroxyl groups is 1. The Kier molecular flexibility index (Phi) is 14.5. The van der Waals surface area contributed by atoms with Crippen molar-refractivity contribution in [3.05, 3.63) is 64.7 Å². The van der Waals surface area contributed by atoms with Gasteiger partial charge < -0.3 is 25.4 Å². The SMILES string of the molecule is CCCCCCN(C(=O)C(Cc1ccc(O)cc1)NC(=O)OC(C)(C)C)C(C(=O)NCCCCC)c1cc(C)ccc1C. The standard InChI is InChI=1S/C35H53N3O5/c1-8-10-12-14-22-38(31(32(40)36-21-13-11-9-2)29-23-25(3)15-16-26(29)4)33(41)30(37-34(42)43-35(5,6)7)24-27-17-19-28(39)20-18-27/h15-20,23,30-31,39H,8-14,21-22,24H2,1-7H3,(H,36,40)(H,37,42). The van der Waals surface area contributed by atoms with Gasteiger partial charge in [-0.05, 0) is 76.3 Å². The fraction of sp³-hybridized carbons (Fsp3) is 0.571. The topological polar surface area (TPSA) is 108 Å². The highest BCUT2D eigenvalue weighted by Gasteiger charge is 2.37. The van der Waals surface area contributed by atoms with E-state index in [0.717, 1.165) is 67.2 Å². The molecule has 43 heavy (non-hydrogen) atoms. The Hall–Kier alpha value is -3.55. The number of aryl methyl sites for hydroxylation is 2. The zero-order valence-electron chi connectivity index (χ0n) is 27.3. The van der Waals surface area contributed by atoms with Gasteiger partial charge in [0.25, 0.3) is 0 Å². The van der Waals surface area contributed by atoms with Crippen molar-refractivity contribution in [2.45, 2.75) is 118 Å². The van der Waals surface area contributed by atoms with Gasteiger partial charge in [-0.3, -0.25) is 9.59 Å². The van der Waals surface area contributed by atoms with Gasteiger partial charge in [0.1, 0.15) is 23.4 Å². The van der Waals surface area contributed by atoms with Gasteiger partial charge in [0.2, 0.25) is 11.8 Å². The molecule has 3 amide bonds. The number of phenols is 1. The van der Waals surface area contributed by atoms with Gasteiger partial charge in [0.15, 0.2) is 0 Å². The average Bonchev–Trinajstić information content (AvgIpc) is 2.93. The van der Waals surface area contributed by atoms with Crippen LogP contribution in [0.4, 0.5) is 4.79 Å². The van der Waals surface area contributed by atoms with Crippen molar-refractivity contribution < 1.29 is 24.2 Å². The molecule has 3 N–H and O–H groups in total. The number of amides is 3. The summed E-state index contributed by atoms with van der Waals surface area (Å²) in [5.41, 5.74) is 2.69. The number of nitrogens with zero attached hydrogens (tertiary/aromatic N) is 1. The van der Waals surface area contributed by atoms with Crippen LogP contribution in [0.1, 0.15) is 108 Å². The minimum absolute atomic E-state index is 0.110. The minimum Gasteiger partial charge on any atom is -0.508 e. The van der Waals surface area contributed by atoms with Crippen LogP contribution in [0.5, 0.6) is 5.75 Å². The lowest BCUT2D eigenvalue weighted by molar-refractivity contribution is -0.142. The summed E-state index contributed by atoms with van der Waals surface area (Å²) >= 11 is 0. The summed E-state index contributed by atoms with van der Waals surface area (Å²) in [6.45, 7) is 14.4. The van der Waals surface area contributed by atoms with Crippen LogP contribution in [0.2, 0.25) is 0 Å². The quantitative estimate of drug-likeness (QED) is 0.183. The molecule has 0 radical (unpaired) electrons. The Morgan fingerprint density at radius 3 is 2.19 bits per heavy atom. The lowest BCUT2D eigenvalue weighted by Crippen LogP contribution is -2.54. The number of carbonyl (C=O) groups excluding carboxylic acids is 3. The van der Waals surface area contributed by atoms with Crippen LogP contribution in [0.3, 0.4) is 0 Å². The summed E-state index contributed by atoms with van der Waals surface area (Å²) in [6, 6.07) is 10.7. The molecule has 8 nitrogen and oxygen atoms in total. The van der Waals surface area contributed by atoms with Gasteiger partial charge in [0, 0.05) is 19.5 Å². The molecule has 2 rings (SSSR count). The minimum atomic E-state index is -0.994. The second kappa shape index (κ2) is 17.5. The fourth-order valence-electron chi connectivity index (χ4n) is 4.98. The van der Waals surface area contributed by atoms with Crippen molar-refractivity contribution in [1.29, 1.82) is 0 Å². The number of ether oxygens (including phenoxy) is 1. The molecule has 0 aliphatic carbocycles. The average molecular weight is 596 g/mol. The Bertz CT molecular complexity index is 1170. The molecule has 8 heteroatoms. The predicted octanol–water partition coefficient (Wildman–Crippen LogP) is 6.90. The molecular weight excluding hydrogens is 542 g/mol. The molecule has 0 heterocycles. The highest BCUT2D eigenvalue weighted by molar-refractivity contribution is 5.92. The predicted molar refractivity (Wildman–Crippen MR) is 172 cm³/mol. The summed E-state index contributed by atoms with van der Waals surface area (Å²) in [5.74, 6) is -0.474. The van der Waals surface area contributed by atoms with Crippen LogP contribution in [-0.4, -0.2) is 52.6 Å². The molecular formula is C35H53N3O5. The lowest BCUT2D eigenvalue weighted by Gasteiger charge is -2.35. The van der Waals surface area contributed by atoms with E-state index in [0.29, 0.717) is 13.1 Å². The van der Waals surface area contributed by atoms with E-state index in [1.54, 1.807) is 49.9 Å². The molecule has 2 atom stereocenters. The largest absolute Gasteiger partial charge is 0.508 e. The Morgan fingerprint density at radius 1 is 0.907 bits per heavy atom. The first-order valence-corrected chi connectivity index (χ1v) is 15.8. The van der Waals surface area contributed by atoms with Crippen molar-refractivity contribution in [3.63, 3.8) is 0 Å². The first kappa shape index (κ1) is 35.6. The second-order valence-electron chi connectivity index (χ2n) is 12.4. The van der Waals surface area contributed by atoms with E-state index in [1.807, 2.05) is 32.0 Å². The monoisotopic (exact) mass is 595 g/mol. The number of hydrogen-bond donors (Lipinski definition) is 3. The number of benzene rings is 2. The van der Waals surface area contributed by atoms with E-state index in [1.165, 1.54) is 0 Å². The Labute approximate surface area is 258 Å². The molecule has 0 fully saturated rings. The normalized spacial score (nSPS) is 12.7. The first-order chi connectivity index (χ1) is 20.4. The summed E-state index contributed by atoms with van der Waals surface area (Å²) in [4.78, 5) is 43.2. The number of carbonyl (C=O) groups is 3. The third-order valence-corrected chi connectivity index (χ3v) is 7.27. The number of rotatable bonds is 16. The highest BCUT2D eigenvalue weighted by Crippen LogP contribution is 2.28. The summed E-state index contributed by atoms with van der Waals surface area (Å²) in [6.07, 6.45) is 6.06. The summed E-state index contributed by atoms with van der Waals surface area (Å²) < 4.78 is 5.53. The van der Waals surface area contributed by atoms with Crippen LogP contribution in [-0.2, 0) is 20.7 Å². The van der Waals surface area contributed by atoms with Crippen LogP contribution in [0.25, 0.3) is 0 Å². The number of phenolic OH excluding ortho intramolecular Hbond substituents is 1. The summed E-state index contributed by atoms with van der Waals surface area (Å²) in [5, 5.41) is 15.7. The van der Waals surface area contributed by atoms with E-state index in [2.05, 4.69) is 24.5 Å². The maximum atomic E-state index is 14.6. The molecule has 238 valence electrons. The lowest BCUT2D eigenvalue weighted by atomic mass is 9.95. The molecule has 0 aliphatic heterocycles. The van der Waals surface area contributed by atoms with E-state index in [-0.39, 0.29) is 24.0 Å². The second-order valence-corrected chi connectivity index (χ2v) is 12.4. The van der Waals surface area contributed by atoms with Gasteiger partial charge in [-0.25, -0.2) is 4.79 Å². The van der Waals surface area contributed by atoms with Crippen molar-refractivity contribution >= 4 is 17.9 Å². The van der Waals surface area contributed by atoms with Crippen molar-refractivity contribution in [3.8, 4) is 5.75 Å². The van der Waals surface area contributed by atoms with Gasteiger partial charge in [-0.2, -0.15) is 0 Å². The maximum Gasteiger partial charge on any atom is 0.408 e. The van der Waals surface area contributed by atoms with Crippen LogP contribution >= 0.6 is 0 Å². The van der Waals surface area contributed by atoms with Crippen LogP contribution < -0.4 is 10.6 Å². The smallest absolute Gasteiger partial charge is 0.408 e. The zero-order chi connectivity index (χ0) is 32.0. The third-order valence-electron chi connectivity index (χ3n) is 7.27. The van der Waals surface area contributed by atoms with Crippen molar-refractivity contribution in [1.82, 2.24) is 15.5 Å². The molecule has 0 aliphatic rings. The van der Waals surface area contributed by atoms with Gasteiger partial charge >= 0.3 is 6.09 Å². The van der Waals surface area contributed by atoms with Crippen molar-refractivity contribution in [2.24, 2.45) is 0 Å². The number of unbranched alkanes of at least 4 members (excludes halogenated alkanes) is 5. The van der Waals surface area contributed by atoms with Gasteiger partial charge in [0.05, 0.1) is 0 Å². The molecule has 2 aromatic rings. The van der Waals surface area contributed by atoms with E-state index in [4.69, 9.17) is 4.74 Å². The Balaban J connectivity index is 2.58. The molecule has 0 spiro atoms. The van der Waals surface area contributed by atoms with E-state index in [9.17, 15) is 19.5 Å². The zero-order valence-corrected chi connectivity index (χ0v) is 27.3. The maximum absolute atomic E-state index is 14.6. The van der Waals surface area contributed by atoms with Crippen LogP contribution in [0, 0.1) is 13.8 Å². The highest BCUT2D eigenvalue weighted by atomic mass is 16.6. The van der Waals surface area contributed by atoms with Crippen LogP contribution in [0.15, 0.2) is 42.5 Å².